The highest BCUT2D eigenvalue weighted by atomic mass is 19.1. The molecule has 0 aliphatic rings. The molecule has 1 atom stereocenters. The number of aliphatic hydroxyl groups excluding tert-OH is 1. The molecule has 0 saturated heterocycles. The third-order valence-electron chi connectivity index (χ3n) is 2.08. The Labute approximate surface area is 93.5 Å². The molecule has 0 saturated carbocycles. The van der Waals surface area contributed by atoms with E-state index in [0.717, 1.165) is 12.6 Å². The summed E-state index contributed by atoms with van der Waals surface area (Å²) in [6, 6.07) is 2.47. The van der Waals surface area contributed by atoms with Gasteiger partial charge in [0.1, 0.15) is 11.5 Å². The van der Waals surface area contributed by atoms with E-state index in [1.165, 1.54) is 12.1 Å². The maximum absolute atomic E-state index is 12.5. The molecule has 1 aromatic heterocycles. The van der Waals surface area contributed by atoms with E-state index in [1.54, 1.807) is 0 Å². The maximum atomic E-state index is 12.5. The van der Waals surface area contributed by atoms with Gasteiger partial charge in [0, 0.05) is 6.54 Å². The van der Waals surface area contributed by atoms with E-state index in [0.29, 0.717) is 6.42 Å². The van der Waals surface area contributed by atoms with Gasteiger partial charge in [-0.25, -0.2) is 9.37 Å². The van der Waals surface area contributed by atoms with Gasteiger partial charge in [-0.3, -0.25) is 4.79 Å². The number of nitrogens with zero attached hydrogens (tertiary/aromatic N) is 1. The highest BCUT2D eigenvalue weighted by Crippen LogP contribution is 1.99. The van der Waals surface area contributed by atoms with Crippen molar-refractivity contribution in [2.24, 2.45) is 0 Å². The summed E-state index contributed by atoms with van der Waals surface area (Å²) in [7, 11) is 0. The van der Waals surface area contributed by atoms with Gasteiger partial charge in [0.25, 0.3) is 5.91 Å². The minimum absolute atomic E-state index is 0.144. The Morgan fingerprint density at radius 1 is 1.62 bits per heavy atom. The van der Waals surface area contributed by atoms with E-state index in [2.05, 4.69) is 10.3 Å². The number of aliphatic hydroxyl groups is 1. The summed E-state index contributed by atoms with van der Waals surface area (Å²) >= 11 is 0. The van der Waals surface area contributed by atoms with Crippen LogP contribution in [0.4, 0.5) is 4.39 Å². The van der Waals surface area contributed by atoms with Crippen LogP contribution in [0.25, 0.3) is 0 Å². The van der Waals surface area contributed by atoms with E-state index >= 15 is 0 Å². The van der Waals surface area contributed by atoms with Crippen molar-refractivity contribution in [1.82, 2.24) is 10.3 Å². The van der Waals surface area contributed by atoms with Gasteiger partial charge in [-0.15, -0.1) is 0 Å². The largest absolute Gasteiger partial charge is 0.391 e. The summed E-state index contributed by atoms with van der Waals surface area (Å²) < 4.78 is 12.5. The molecule has 5 heteroatoms. The number of nitrogens with one attached hydrogen (secondary N) is 1. The number of carbonyl (C=O) groups is 1. The van der Waals surface area contributed by atoms with Crippen LogP contribution < -0.4 is 5.32 Å². The number of pyridine rings is 1. The average molecular weight is 226 g/mol. The van der Waals surface area contributed by atoms with Crippen molar-refractivity contribution in [2.45, 2.75) is 25.9 Å². The van der Waals surface area contributed by atoms with E-state index in [4.69, 9.17) is 0 Å². The molecule has 0 aliphatic heterocycles. The zero-order chi connectivity index (χ0) is 12.0. The predicted molar refractivity (Wildman–Crippen MR) is 57.4 cm³/mol. The molecule has 0 fully saturated rings. The fraction of sp³-hybridized carbons (Fsp3) is 0.455. The molecule has 0 aliphatic carbocycles. The number of amides is 1. The van der Waals surface area contributed by atoms with Crippen molar-refractivity contribution in [3.05, 3.63) is 29.8 Å². The SMILES string of the molecule is CCCC(O)CNC(=O)c1ccc(F)cn1. The Morgan fingerprint density at radius 2 is 2.38 bits per heavy atom. The van der Waals surface area contributed by atoms with Crippen molar-refractivity contribution >= 4 is 5.91 Å². The summed E-state index contributed by atoms with van der Waals surface area (Å²) in [5, 5.41) is 11.9. The number of carbonyl (C=O) groups excluding carboxylic acids is 1. The van der Waals surface area contributed by atoms with Crippen molar-refractivity contribution in [3.8, 4) is 0 Å². The molecule has 1 amide bonds. The first-order valence-electron chi connectivity index (χ1n) is 5.21. The first-order chi connectivity index (χ1) is 7.63. The minimum Gasteiger partial charge on any atom is -0.391 e. The van der Waals surface area contributed by atoms with Crippen molar-refractivity contribution < 1.29 is 14.3 Å². The van der Waals surface area contributed by atoms with Crippen LogP contribution in [0.3, 0.4) is 0 Å². The maximum Gasteiger partial charge on any atom is 0.269 e. The van der Waals surface area contributed by atoms with E-state index in [1.807, 2.05) is 6.92 Å². The van der Waals surface area contributed by atoms with Gasteiger partial charge in [0.15, 0.2) is 0 Å². The second kappa shape index (κ2) is 6.17. The molecule has 0 bridgehead atoms. The predicted octanol–water partition coefficient (Wildman–Crippen LogP) is 1.11. The first kappa shape index (κ1) is 12.6. The minimum atomic E-state index is -0.547. The molecule has 16 heavy (non-hydrogen) atoms. The Kier molecular flexibility index (Phi) is 4.85. The third kappa shape index (κ3) is 3.94. The van der Waals surface area contributed by atoms with Gasteiger partial charge >= 0.3 is 0 Å². The number of halogens is 1. The van der Waals surface area contributed by atoms with Gasteiger partial charge in [-0.1, -0.05) is 13.3 Å². The summed E-state index contributed by atoms with van der Waals surface area (Å²) in [4.78, 5) is 15.1. The van der Waals surface area contributed by atoms with E-state index < -0.39 is 17.8 Å². The zero-order valence-electron chi connectivity index (χ0n) is 9.11. The van der Waals surface area contributed by atoms with Crippen LogP contribution in [0.2, 0.25) is 0 Å². The molecule has 0 radical (unpaired) electrons. The second-order valence-electron chi connectivity index (χ2n) is 3.51. The summed E-state index contributed by atoms with van der Waals surface area (Å²) in [6.45, 7) is 2.14. The zero-order valence-corrected chi connectivity index (χ0v) is 9.11. The molecule has 1 unspecified atom stereocenters. The second-order valence-corrected chi connectivity index (χ2v) is 3.51. The fourth-order valence-corrected chi connectivity index (χ4v) is 1.25. The van der Waals surface area contributed by atoms with Crippen LogP contribution in [0.5, 0.6) is 0 Å². The van der Waals surface area contributed by atoms with Crippen LogP contribution in [-0.4, -0.2) is 28.6 Å². The van der Waals surface area contributed by atoms with E-state index in [-0.39, 0.29) is 12.2 Å². The van der Waals surface area contributed by atoms with Gasteiger partial charge in [-0.2, -0.15) is 0 Å². The van der Waals surface area contributed by atoms with Gasteiger partial charge < -0.3 is 10.4 Å². The molecular formula is C11H15FN2O2. The average Bonchev–Trinajstić information content (AvgIpc) is 2.27. The van der Waals surface area contributed by atoms with Crippen molar-refractivity contribution in [2.75, 3.05) is 6.54 Å². The molecular weight excluding hydrogens is 211 g/mol. The monoisotopic (exact) mass is 226 g/mol. The Bertz CT molecular complexity index is 340. The van der Waals surface area contributed by atoms with Gasteiger partial charge in [0.2, 0.25) is 0 Å². The highest BCUT2D eigenvalue weighted by Gasteiger charge is 2.09. The molecule has 4 nitrogen and oxygen atoms in total. The molecule has 0 spiro atoms. The fourth-order valence-electron chi connectivity index (χ4n) is 1.25. The number of hydrogen-bond acceptors (Lipinski definition) is 3. The van der Waals surface area contributed by atoms with Crippen LogP contribution in [0.15, 0.2) is 18.3 Å². The quantitative estimate of drug-likeness (QED) is 0.790. The Balaban J connectivity index is 2.43. The van der Waals surface area contributed by atoms with Crippen LogP contribution in [-0.2, 0) is 0 Å². The topological polar surface area (TPSA) is 62.2 Å². The molecule has 1 rings (SSSR count). The lowest BCUT2D eigenvalue weighted by Crippen LogP contribution is -2.32. The molecule has 1 heterocycles. The lowest BCUT2D eigenvalue weighted by Gasteiger charge is -2.10. The summed E-state index contributed by atoms with van der Waals surface area (Å²) in [5.41, 5.74) is 0.144. The Morgan fingerprint density at radius 3 is 2.94 bits per heavy atom. The smallest absolute Gasteiger partial charge is 0.269 e. The Hall–Kier alpha value is -1.49. The van der Waals surface area contributed by atoms with Crippen LogP contribution in [0, 0.1) is 5.82 Å². The molecule has 88 valence electrons. The normalized spacial score (nSPS) is 12.2. The lowest BCUT2D eigenvalue weighted by atomic mass is 10.2. The van der Waals surface area contributed by atoms with E-state index in [9.17, 15) is 14.3 Å². The third-order valence-corrected chi connectivity index (χ3v) is 2.08. The first-order valence-corrected chi connectivity index (χ1v) is 5.21. The van der Waals surface area contributed by atoms with Gasteiger partial charge in [-0.05, 0) is 18.6 Å². The molecule has 1 aromatic rings. The highest BCUT2D eigenvalue weighted by molar-refractivity contribution is 5.92. The lowest BCUT2D eigenvalue weighted by molar-refractivity contribution is 0.0905. The number of aromatic nitrogens is 1. The molecule has 2 N–H and O–H groups in total. The molecule has 0 aromatic carbocycles. The summed E-state index contributed by atoms with van der Waals surface area (Å²) in [6.07, 6.45) is 1.93. The van der Waals surface area contributed by atoms with Gasteiger partial charge in [0.05, 0.1) is 12.3 Å². The van der Waals surface area contributed by atoms with Crippen LogP contribution >= 0.6 is 0 Å². The summed E-state index contributed by atoms with van der Waals surface area (Å²) in [5.74, 6) is -0.891. The standard InChI is InChI=1S/C11H15FN2O2/c1-2-3-9(15)7-14-11(16)10-5-4-8(12)6-13-10/h4-6,9,15H,2-3,7H2,1H3,(H,14,16). The number of rotatable bonds is 5. The van der Waals surface area contributed by atoms with Crippen molar-refractivity contribution in [1.29, 1.82) is 0 Å². The van der Waals surface area contributed by atoms with Crippen LogP contribution in [0.1, 0.15) is 30.3 Å². The number of hydrogen-bond donors (Lipinski definition) is 2. The van der Waals surface area contributed by atoms with Crippen molar-refractivity contribution in [3.63, 3.8) is 0 Å².